The van der Waals surface area contributed by atoms with Gasteiger partial charge in [0, 0.05) is 7.11 Å². The Balaban J connectivity index is 0.00000133. The number of aldehydes is 1. The summed E-state index contributed by atoms with van der Waals surface area (Å²) in [6.07, 6.45) is 17.9. The highest BCUT2D eigenvalue weighted by molar-refractivity contribution is 5.79. The highest BCUT2D eigenvalue weighted by Crippen LogP contribution is 2.30. The molecule has 0 fully saturated rings. The molecule has 2 rings (SSSR count). The van der Waals surface area contributed by atoms with Gasteiger partial charge in [0.1, 0.15) is 6.29 Å². The Labute approximate surface area is 171 Å². The van der Waals surface area contributed by atoms with Gasteiger partial charge in [0.2, 0.25) is 0 Å². The molecule has 0 bridgehead atoms. The first kappa shape index (κ1) is 25.3. The molecule has 0 radical (unpaired) electrons. The van der Waals surface area contributed by atoms with E-state index in [0.717, 1.165) is 26.2 Å². The van der Waals surface area contributed by atoms with E-state index in [0.29, 0.717) is 0 Å². The molecule has 0 unspecified atom stereocenters. The van der Waals surface area contributed by atoms with Crippen molar-refractivity contribution in [3.8, 4) is 0 Å². The lowest BCUT2D eigenvalue weighted by Gasteiger charge is -2.11. The third-order valence-electron chi connectivity index (χ3n) is 4.11. The van der Waals surface area contributed by atoms with Gasteiger partial charge in [-0.15, -0.1) is 0 Å². The van der Waals surface area contributed by atoms with Crippen LogP contribution in [0.3, 0.4) is 0 Å². The molecule has 150 valence electrons. The molecular weight excluding hydrogens is 344 g/mol. The normalized spacial score (nSPS) is 13.6. The van der Waals surface area contributed by atoms with Gasteiger partial charge in [0.15, 0.2) is 0 Å². The van der Waals surface area contributed by atoms with Crippen molar-refractivity contribution in [1.82, 2.24) is 0 Å². The summed E-state index contributed by atoms with van der Waals surface area (Å²) in [5, 5.41) is 7.00. The van der Waals surface area contributed by atoms with Crippen molar-refractivity contribution >= 4 is 11.9 Å². The molecular formula is C26H34O2. The van der Waals surface area contributed by atoms with Gasteiger partial charge in [-0.3, -0.25) is 0 Å². The molecule has 1 aliphatic carbocycles. The fraction of sp³-hybridized carbons (Fsp3) is 0.269. The van der Waals surface area contributed by atoms with Crippen LogP contribution in [0, 0.1) is 6.92 Å². The maximum Gasteiger partial charge on any atom is 0.116 e. The highest BCUT2D eigenvalue weighted by atomic mass is 16.2. The van der Waals surface area contributed by atoms with Crippen LogP contribution in [0.5, 0.6) is 0 Å². The molecule has 2 nitrogen and oxygen atoms in total. The quantitative estimate of drug-likeness (QED) is 0.466. The molecule has 0 atom stereocenters. The molecule has 1 N–H and O–H groups in total. The number of hydrogen-bond acceptors (Lipinski definition) is 2. The monoisotopic (exact) mass is 378 g/mol. The van der Waals surface area contributed by atoms with Crippen LogP contribution < -0.4 is 0 Å². The highest BCUT2D eigenvalue weighted by Gasteiger charge is 2.10. The fourth-order valence-electron chi connectivity index (χ4n) is 2.83. The first-order chi connectivity index (χ1) is 13.6. The summed E-state index contributed by atoms with van der Waals surface area (Å²) < 4.78 is 0. The Morgan fingerprint density at radius 3 is 2.29 bits per heavy atom. The summed E-state index contributed by atoms with van der Waals surface area (Å²) in [4.78, 5) is 8.81. The second-order valence-corrected chi connectivity index (χ2v) is 6.04. The number of benzene rings is 1. The molecule has 0 spiro atoms. The SMILES string of the molecule is C=C/C=C(\C=C/C)C1=C(CC)CC=CC(c2ccc(C)cc2)=C1.CC=O.CO. The number of rotatable bonds is 5. The zero-order valence-electron chi connectivity index (χ0n) is 17.9. The van der Waals surface area contributed by atoms with Gasteiger partial charge >= 0.3 is 0 Å². The minimum absolute atomic E-state index is 0.750. The zero-order valence-corrected chi connectivity index (χ0v) is 17.9. The molecule has 2 heteroatoms. The van der Waals surface area contributed by atoms with Crippen LogP contribution in [-0.4, -0.2) is 18.5 Å². The van der Waals surface area contributed by atoms with E-state index < -0.39 is 0 Å². The van der Waals surface area contributed by atoms with Crippen molar-refractivity contribution in [3.63, 3.8) is 0 Å². The van der Waals surface area contributed by atoms with Gasteiger partial charge < -0.3 is 9.90 Å². The van der Waals surface area contributed by atoms with Crippen LogP contribution in [0.2, 0.25) is 0 Å². The number of hydrogen-bond donors (Lipinski definition) is 1. The first-order valence-electron chi connectivity index (χ1n) is 9.58. The topological polar surface area (TPSA) is 37.3 Å². The van der Waals surface area contributed by atoms with Crippen LogP contribution in [0.25, 0.3) is 5.57 Å². The van der Waals surface area contributed by atoms with Gasteiger partial charge in [0.25, 0.3) is 0 Å². The van der Waals surface area contributed by atoms with Crippen molar-refractivity contribution in [2.24, 2.45) is 0 Å². The Bertz CT molecular complexity index is 754. The third-order valence-corrected chi connectivity index (χ3v) is 4.11. The van der Waals surface area contributed by atoms with Gasteiger partial charge in [0.05, 0.1) is 0 Å². The van der Waals surface area contributed by atoms with E-state index in [-0.39, 0.29) is 0 Å². The number of carbonyl (C=O) groups excluding carboxylic acids is 1. The average molecular weight is 379 g/mol. The van der Waals surface area contributed by atoms with Crippen LogP contribution in [0.4, 0.5) is 0 Å². The van der Waals surface area contributed by atoms with E-state index in [1.165, 1.54) is 40.3 Å². The van der Waals surface area contributed by atoms with E-state index in [4.69, 9.17) is 9.90 Å². The minimum Gasteiger partial charge on any atom is -0.400 e. The third kappa shape index (κ3) is 8.32. The maximum absolute atomic E-state index is 8.81. The summed E-state index contributed by atoms with van der Waals surface area (Å²) >= 11 is 0. The van der Waals surface area contributed by atoms with Crippen LogP contribution in [0.15, 0.2) is 90.1 Å². The summed E-state index contributed by atoms with van der Waals surface area (Å²) in [6, 6.07) is 8.75. The maximum atomic E-state index is 8.81. The standard InChI is InChI=1S/C23H26.C2H4O.CH4O/c1-5-9-21(10-6-2)23-17-22(12-8-11-19(23)7-3)20-15-13-18(4)14-16-20;1-2-3;1-2/h5-6,8-10,12-17H,1,7,11H2,2-4H3;2H,1H3;2H,1H3/b10-6-,21-9+;;. The Morgan fingerprint density at radius 1 is 1.18 bits per heavy atom. The summed E-state index contributed by atoms with van der Waals surface area (Å²) in [6.45, 7) is 11.7. The van der Waals surface area contributed by atoms with E-state index in [1.807, 2.05) is 6.08 Å². The lowest BCUT2D eigenvalue weighted by molar-refractivity contribution is -0.106. The second-order valence-electron chi connectivity index (χ2n) is 6.04. The van der Waals surface area contributed by atoms with Crippen molar-refractivity contribution in [1.29, 1.82) is 0 Å². The van der Waals surface area contributed by atoms with Crippen LogP contribution in [-0.2, 0) is 4.79 Å². The van der Waals surface area contributed by atoms with E-state index in [2.05, 4.69) is 88.1 Å². The molecule has 1 aromatic carbocycles. The number of aliphatic hydroxyl groups is 1. The van der Waals surface area contributed by atoms with E-state index >= 15 is 0 Å². The summed E-state index contributed by atoms with van der Waals surface area (Å²) in [7, 11) is 1.00. The molecule has 0 saturated heterocycles. The number of allylic oxidation sites excluding steroid dienone is 11. The minimum atomic E-state index is 0.750. The van der Waals surface area contributed by atoms with Gasteiger partial charge in [-0.05, 0) is 62.0 Å². The largest absolute Gasteiger partial charge is 0.400 e. The van der Waals surface area contributed by atoms with Gasteiger partial charge in [-0.2, -0.15) is 0 Å². The van der Waals surface area contributed by atoms with Crippen molar-refractivity contribution in [2.45, 2.75) is 40.5 Å². The lowest BCUT2D eigenvalue weighted by Crippen LogP contribution is -1.92. The molecule has 0 aromatic heterocycles. The second kappa shape index (κ2) is 15.4. The van der Waals surface area contributed by atoms with Crippen molar-refractivity contribution in [3.05, 3.63) is 101 Å². The average Bonchev–Trinajstić information content (AvgIpc) is 2.93. The van der Waals surface area contributed by atoms with Gasteiger partial charge in [-0.1, -0.05) is 85.4 Å². The van der Waals surface area contributed by atoms with Crippen LogP contribution in [0.1, 0.15) is 44.7 Å². The van der Waals surface area contributed by atoms with E-state index in [9.17, 15) is 0 Å². The fourth-order valence-corrected chi connectivity index (χ4v) is 2.83. The number of carbonyl (C=O) groups is 1. The molecule has 0 heterocycles. The predicted octanol–water partition coefficient (Wildman–Crippen LogP) is 6.55. The molecule has 28 heavy (non-hydrogen) atoms. The van der Waals surface area contributed by atoms with Crippen LogP contribution >= 0.6 is 0 Å². The summed E-state index contributed by atoms with van der Waals surface area (Å²) in [5.41, 5.74) is 7.84. The molecule has 0 saturated carbocycles. The molecule has 0 amide bonds. The molecule has 1 aromatic rings. The Hall–Kier alpha value is -2.71. The molecule has 1 aliphatic rings. The Morgan fingerprint density at radius 2 is 1.79 bits per heavy atom. The number of aliphatic hydroxyl groups excluding tert-OH is 1. The molecule has 0 aliphatic heterocycles. The first-order valence-corrected chi connectivity index (χ1v) is 9.58. The van der Waals surface area contributed by atoms with Crippen molar-refractivity contribution in [2.75, 3.05) is 7.11 Å². The summed E-state index contributed by atoms with van der Waals surface area (Å²) in [5.74, 6) is 0. The Kier molecular flexibility index (Phi) is 13.9. The predicted molar refractivity (Wildman–Crippen MR) is 123 cm³/mol. The smallest absolute Gasteiger partial charge is 0.116 e. The number of aryl methyl sites for hydroxylation is 1. The van der Waals surface area contributed by atoms with Gasteiger partial charge in [-0.25, -0.2) is 0 Å². The lowest BCUT2D eigenvalue weighted by atomic mass is 9.93. The zero-order chi connectivity index (χ0) is 21.4. The van der Waals surface area contributed by atoms with Crippen molar-refractivity contribution < 1.29 is 9.90 Å². The van der Waals surface area contributed by atoms with E-state index in [1.54, 1.807) is 0 Å².